The third-order valence-corrected chi connectivity index (χ3v) is 2.74. The number of aldehydes is 1. The normalized spacial score (nSPS) is 11.2. The van der Waals surface area contributed by atoms with E-state index in [0.29, 0.717) is 6.42 Å². The van der Waals surface area contributed by atoms with Crippen LogP contribution in [0.5, 0.6) is 0 Å². The fourth-order valence-electron chi connectivity index (χ4n) is 1.98. The van der Waals surface area contributed by atoms with Crippen LogP contribution in [0.2, 0.25) is 0 Å². The van der Waals surface area contributed by atoms with Crippen LogP contribution < -0.4 is 0 Å². The molecule has 0 saturated heterocycles. The Kier molecular flexibility index (Phi) is 2.77. The van der Waals surface area contributed by atoms with E-state index in [1.807, 2.05) is 24.6 Å². The van der Waals surface area contributed by atoms with Gasteiger partial charge in [-0.3, -0.25) is 0 Å². The van der Waals surface area contributed by atoms with Gasteiger partial charge in [0.25, 0.3) is 0 Å². The number of carbonyl (C=O) groups is 1. The van der Waals surface area contributed by atoms with Crippen LogP contribution in [0.1, 0.15) is 25.5 Å². The van der Waals surface area contributed by atoms with Crippen molar-refractivity contribution in [2.24, 2.45) is 0 Å². The van der Waals surface area contributed by atoms with E-state index in [9.17, 15) is 9.18 Å². The Hall–Kier alpha value is -1.64. The molecule has 0 aliphatic rings. The van der Waals surface area contributed by atoms with Gasteiger partial charge in [-0.2, -0.15) is 0 Å². The minimum atomic E-state index is -0.245. The summed E-state index contributed by atoms with van der Waals surface area (Å²) < 4.78 is 15.2. The average molecular weight is 219 g/mol. The molecule has 16 heavy (non-hydrogen) atoms. The molecule has 1 heterocycles. The maximum atomic E-state index is 13.2. The standard InChI is InChI=1S/C13H14FNO/c1-9(2)15-8-10(5-6-16)12-4-3-11(14)7-13(12)15/h3-4,6-9H,5H2,1-2H3. The summed E-state index contributed by atoms with van der Waals surface area (Å²) in [5.41, 5.74) is 1.81. The van der Waals surface area contributed by atoms with Gasteiger partial charge in [0.15, 0.2) is 0 Å². The van der Waals surface area contributed by atoms with E-state index in [1.54, 1.807) is 6.07 Å². The summed E-state index contributed by atoms with van der Waals surface area (Å²) in [5.74, 6) is -0.245. The highest BCUT2D eigenvalue weighted by Gasteiger charge is 2.10. The van der Waals surface area contributed by atoms with Gasteiger partial charge in [-0.05, 0) is 37.6 Å². The Morgan fingerprint density at radius 1 is 1.44 bits per heavy atom. The van der Waals surface area contributed by atoms with Crippen LogP contribution in [0.15, 0.2) is 24.4 Å². The van der Waals surface area contributed by atoms with Crippen molar-refractivity contribution in [1.82, 2.24) is 4.57 Å². The minimum absolute atomic E-state index is 0.245. The summed E-state index contributed by atoms with van der Waals surface area (Å²) in [7, 11) is 0. The summed E-state index contributed by atoms with van der Waals surface area (Å²) in [5, 5.41) is 0.960. The quantitative estimate of drug-likeness (QED) is 0.727. The zero-order valence-electron chi connectivity index (χ0n) is 9.40. The van der Waals surface area contributed by atoms with E-state index < -0.39 is 0 Å². The monoisotopic (exact) mass is 219 g/mol. The number of rotatable bonds is 3. The second kappa shape index (κ2) is 4.08. The van der Waals surface area contributed by atoms with Gasteiger partial charge in [0.2, 0.25) is 0 Å². The fourth-order valence-corrected chi connectivity index (χ4v) is 1.98. The summed E-state index contributed by atoms with van der Waals surface area (Å²) in [6, 6.07) is 4.94. The number of hydrogen-bond acceptors (Lipinski definition) is 1. The fraction of sp³-hybridized carbons (Fsp3) is 0.308. The third kappa shape index (κ3) is 1.73. The molecule has 1 aromatic heterocycles. The molecule has 0 saturated carbocycles. The Bertz CT molecular complexity index is 528. The van der Waals surface area contributed by atoms with Gasteiger partial charge in [0.05, 0.1) is 5.52 Å². The van der Waals surface area contributed by atoms with Crippen molar-refractivity contribution in [3.8, 4) is 0 Å². The lowest BCUT2D eigenvalue weighted by Gasteiger charge is -2.08. The molecule has 0 bridgehead atoms. The molecule has 3 heteroatoms. The predicted molar refractivity (Wildman–Crippen MR) is 62.0 cm³/mol. The molecule has 84 valence electrons. The number of hydrogen-bond donors (Lipinski definition) is 0. The van der Waals surface area contributed by atoms with E-state index in [0.717, 1.165) is 22.8 Å². The van der Waals surface area contributed by atoms with Crippen LogP contribution in [-0.4, -0.2) is 10.9 Å². The first kappa shape index (κ1) is 10.9. The van der Waals surface area contributed by atoms with Crippen LogP contribution in [-0.2, 0) is 11.2 Å². The first-order valence-electron chi connectivity index (χ1n) is 5.36. The van der Waals surface area contributed by atoms with Gasteiger partial charge in [0, 0.05) is 24.0 Å². The molecular weight excluding hydrogens is 205 g/mol. The Morgan fingerprint density at radius 2 is 2.19 bits per heavy atom. The summed E-state index contributed by atoms with van der Waals surface area (Å²) in [4.78, 5) is 10.6. The highest BCUT2D eigenvalue weighted by atomic mass is 19.1. The SMILES string of the molecule is CC(C)n1cc(CC=O)c2ccc(F)cc21. The molecule has 2 rings (SSSR count). The summed E-state index contributed by atoms with van der Waals surface area (Å²) >= 11 is 0. The summed E-state index contributed by atoms with van der Waals surface area (Å²) in [6.07, 6.45) is 3.19. The number of carbonyl (C=O) groups excluding carboxylic acids is 1. The van der Waals surface area contributed by atoms with Crippen molar-refractivity contribution in [1.29, 1.82) is 0 Å². The van der Waals surface area contributed by atoms with Crippen LogP contribution >= 0.6 is 0 Å². The Labute approximate surface area is 93.7 Å². The second-order valence-corrected chi connectivity index (χ2v) is 4.19. The molecule has 0 aliphatic heterocycles. The van der Waals surface area contributed by atoms with Crippen molar-refractivity contribution in [2.45, 2.75) is 26.3 Å². The van der Waals surface area contributed by atoms with Gasteiger partial charge in [-0.1, -0.05) is 0 Å². The number of fused-ring (bicyclic) bond motifs is 1. The third-order valence-electron chi connectivity index (χ3n) is 2.74. The predicted octanol–water partition coefficient (Wildman–Crippen LogP) is 3.10. The molecule has 0 fully saturated rings. The molecule has 0 spiro atoms. The molecule has 0 amide bonds. The molecular formula is C13H14FNO. The molecule has 0 aliphatic carbocycles. The maximum absolute atomic E-state index is 13.2. The van der Waals surface area contributed by atoms with Crippen molar-refractivity contribution in [3.05, 3.63) is 35.8 Å². The van der Waals surface area contributed by atoms with Crippen molar-refractivity contribution in [3.63, 3.8) is 0 Å². The Balaban J connectivity index is 2.70. The first-order chi connectivity index (χ1) is 7.63. The van der Waals surface area contributed by atoms with Gasteiger partial charge >= 0.3 is 0 Å². The lowest BCUT2D eigenvalue weighted by Crippen LogP contribution is -1.98. The van der Waals surface area contributed by atoms with Crippen LogP contribution in [0.4, 0.5) is 4.39 Å². The zero-order valence-corrected chi connectivity index (χ0v) is 9.40. The van der Waals surface area contributed by atoms with Crippen molar-refractivity contribution >= 4 is 17.2 Å². The number of aromatic nitrogens is 1. The van der Waals surface area contributed by atoms with E-state index in [1.165, 1.54) is 12.1 Å². The molecule has 0 unspecified atom stereocenters. The van der Waals surface area contributed by atoms with E-state index in [2.05, 4.69) is 0 Å². The summed E-state index contributed by atoms with van der Waals surface area (Å²) in [6.45, 7) is 4.07. The van der Waals surface area contributed by atoms with Gasteiger partial charge in [-0.25, -0.2) is 4.39 Å². The van der Waals surface area contributed by atoms with Gasteiger partial charge in [-0.15, -0.1) is 0 Å². The molecule has 0 radical (unpaired) electrons. The molecule has 1 aromatic carbocycles. The number of benzene rings is 1. The molecule has 0 N–H and O–H groups in total. The van der Waals surface area contributed by atoms with Crippen LogP contribution in [0.3, 0.4) is 0 Å². The molecule has 2 nitrogen and oxygen atoms in total. The van der Waals surface area contributed by atoms with Gasteiger partial charge < -0.3 is 9.36 Å². The van der Waals surface area contributed by atoms with E-state index in [4.69, 9.17) is 0 Å². The van der Waals surface area contributed by atoms with E-state index >= 15 is 0 Å². The molecule has 0 atom stereocenters. The number of halogens is 1. The van der Waals surface area contributed by atoms with E-state index in [-0.39, 0.29) is 11.9 Å². The van der Waals surface area contributed by atoms with Crippen LogP contribution in [0, 0.1) is 5.82 Å². The topological polar surface area (TPSA) is 22.0 Å². The second-order valence-electron chi connectivity index (χ2n) is 4.19. The van der Waals surface area contributed by atoms with Crippen LogP contribution in [0.25, 0.3) is 10.9 Å². The van der Waals surface area contributed by atoms with Crippen molar-refractivity contribution < 1.29 is 9.18 Å². The largest absolute Gasteiger partial charge is 0.345 e. The minimum Gasteiger partial charge on any atom is -0.345 e. The smallest absolute Gasteiger partial charge is 0.125 e. The molecule has 2 aromatic rings. The maximum Gasteiger partial charge on any atom is 0.125 e. The first-order valence-corrected chi connectivity index (χ1v) is 5.36. The Morgan fingerprint density at radius 3 is 2.81 bits per heavy atom. The average Bonchev–Trinajstić information content (AvgIpc) is 2.57. The van der Waals surface area contributed by atoms with Crippen molar-refractivity contribution in [2.75, 3.05) is 0 Å². The lowest BCUT2D eigenvalue weighted by atomic mass is 10.1. The zero-order chi connectivity index (χ0) is 11.7. The highest BCUT2D eigenvalue weighted by Crippen LogP contribution is 2.25. The van der Waals surface area contributed by atoms with Gasteiger partial charge in [0.1, 0.15) is 12.1 Å². The lowest BCUT2D eigenvalue weighted by molar-refractivity contribution is -0.107. The highest BCUT2D eigenvalue weighted by molar-refractivity contribution is 5.86. The number of nitrogens with zero attached hydrogens (tertiary/aromatic N) is 1.